The summed E-state index contributed by atoms with van der Waals surface area (Å²) in [4.78, 5) is 0. The van der Waals surface area contributed by atoms with E-state index in [1.807, 2.05) is 25.1 Å². The summed E-state index contributed by atoms with van der Waals surface area (Å²) in [5, 5.41) is 4.37. The Morgan fingerprint density at radius 2 is 1.95 bits per heavy atom. The highest BCUT2D eigenvalue weighted by molar-refractivity contribution is 6.30. The molecule has 2 aromatic carbocycles. The zero-order chi connectivity index (χ0) is 15.0. The summed E-state index contributed by atoms with van der Waals surface area (Å²) in [5.74, 6) is 0.337. The smallest absolute Gasteiger partial charge is 0.177 e. The number of halogens is 2. The molecule has 0 fully saturated rings. The highest BCUT2D eigenvalue weighted by atomic mass is 35.5. The SMILES string of the molecule is Cc1cc(F)cc(-c2onc(N)c2-c2cccc(Cl)c2)c1. The van der Waals surface area contributed by atoms with Gasteiger partial charge >= 0.3 is 0 Å². The van der Waals surface area contributed by atoms with Crippen LogP contribution in [-0.2, 0) is 0 Å². The van der Waals surface area contributed by atoms with Gasteiger partial charge in [-0.2, -0.15) is 0 Å². The quantitative estimate of drug-likeness (QED) is 0.747. The lowest BCUT2D eigenvalue weighted by atomic mass is 10.0. The lowest BCUT2D eigenvalue weighted by Gasteiger charge is -2.05. The Labute approximate surface area is 126 Å². The first kappa shape index (κ1) is 13.6. The van der Waals surface area contributed by atoms with E-state index >= 15 is 0 Å². The van der Waals surface area contributed by atoms with Crippen LogP contribution in [0.5, 0.6) is 0 Å². The highest BCUT2D eigenvalue weighted by Gasteiger charge is 2.18. The molecule has 0 saturated carbocycles. The van der Waals surface area contributed by atoms with Crippen molar-refractivity contribution in [2.24, 2.45) is 0 Å². The molecule has 3 nitrogen and oxygen atoms in total. The topological polar surface area (TPSA) is 52.0 Å². The molecule has 0 aliphatic carbocycles. The number of nitrogens with zero attached hydrogens (tertiary/aromatic N) is 1. The molecular weight excluding hydrogens is 291 g/mol. The van der Waals surface area contributed by atoms with Crippen LogP contribution in [0.4, 0.5) is 10.2 Å². The molecular formula is C16H12ClFN2O. The monoisotopic (exact) mass is 302 g/mol. The number of hydrogen-bond acceptors (Lipinski definition) is 3. The normalized spacial score (nSPS) is 10.8. The van der Waals surface area contributed by atoms with E-state index in [-0.39, 0.29) is 11.6 Å². The fourth-order valence-electron chi connectivity index (χ4n) is 2.29. The van der Waals surface area contributed by atoms with Gasteiger partial charge in [0.05, 0.1) is 5.56 Å². The molecule has 21 heavy (non-hydrogen) atoms. The van der Waals surface area contributed by atoms with E-state index < -0.39 is 0 Å². The van der Waals surface area contributed by atoms with Crippen molar-refractivity contribution in [3.63, 3.8) is 0 Å². The molecule has 0 amide bonds. The van der Waals surface area contributed by atoms with Crippen LogP contribution >= 0.6 is 11.6 Å². The zero-order valence-corrected chi connectivity index (χ0v) is 12.0. The van der Waals surface area contributed by atoms with E-state index in [2.05, 4.69) is 5.16 Å². The average Bonchev–Trinajstić information content (AvgIpc) is 2.79. The Morgan fingerprint density at radius 3 is 2.67 bits per heavy atom. The lowest BCUT2D eigenvalue weighted by molar-refractivity contribution is 0.435. The summed E-state index contributed by atoms with van der Waals surface area (Å²) in [6.45, 7) is 1.81. The van der Waals surface area contributed by atoms with Crippen LogP contribution in [-0.4, -0.2) is 5.16 Å². The van der Waals surface area contributed by atoms with Crippen molar-refractivity contribution in [2.45, 2.75) is 6.92 Å². The fraction of sp³-hybridized carbons (Fsp3) is 0.0625. The molecule has 0 saturated heterocycles. The van der Waals surface area contributed by atoms with E-state index in [1.165, 1.54) is 12.1 Å². The van der Waals surface area contributed by atoms with Crippen LogP contribution in [0.25, 0.3) is 22.5 Å². The maximum Gasteiger partial charge on any atom is 0.177 e. The van der Waals surface area contributed by atoms with Gasteiger partial charge in [0.2, 0.25) is 0 Å². The van der Waals surface area contributed by atoms with E-state index in [9.17, 15) is 4.39 Å². The largest absolute Gasteiger partial charge is 0.380 e. The average molecular weight is 303 g/mol. The molecule has 106 valence electrons. The van der Waals surface area contributed by atoms with Gasteiger partial charge in [0.25, 0.3) is 0 Å². The predicted molar refractivity (Wildman–Crippen MR) is 81.5 cm³/mol. The molecule has 2 N–H and O–H groups in total. The molecule has 0 unspecified atom stereocenters. The molecule has 1 aromatic heterocycles. The van der Waals surface area contributed by atoms with Gasteiger partial charge in [-0.25, -0.2) is 4.39 Å². The Morgan fingerprint density at radius 1 is 1.14 bits per heavy atom. The Hall–Kier alpha value is -2.33. The lowest BCUT2D eigenvalue weighted by Crippen LogP contribution is -1.89. The summed E-state index contributed by atoms with van der Waals surface area (Å²) in [6.07, 6.45) is 0. The van der Waals surface area contributed by atoms with Crippen LogP contribution in [0.15, 0.2) is 47.0 Å². The first-order valence-electron chi connectivity index (χ1n) is 6.33. The van der Waals surface area contributed by atoms with Crippen molar-refractivity contribution in [1.82, 2.24) is 5.16 Å². The number of rotatable bonds is 2. The summed E-state index contributed by atoms with van der Waals surface area (Å²) in [6, 6.07) is 11.8. The highest BCUT2D eigenvalue weighted by Crippen LogP contribution is 2.37. The fourth-order valence-corrected chi connectivity index (χ4v) is 2.48. The van der Waals surface area contributed by atoms with Crippen molar-refractivity contribution in [2.75, 3.05) is 5.73 Å². The van der Waals surface area contributed by atoms with Crippen LogP contribution < -0.4 is 5.73 Å². The maximum atomic E-state index is 13.6. The summed E-state index contributed by atoms with van der Waals surface area (Å²) >= 11 is 6.01. The van der Waals surface area contributed by atoms with Gasteiger partial charge in [0.1, 0.15) is 5.82 Å². The third-order valence-corrected chi connectivity index (χ3v) is 3.37. The molecule has 3 rings (SSSR count). The van der Waals surface area contributed by atoms with Gasteiger partial charge in [-0.05, 0) is 48.4 Å². The van der Waals surface area contributed by atoms with Crippen LogP contribution in [0.2, 0.25) is 5.02 Å². The van der Waals surface area contributed by atoms with Gasteiger partial charge in [-0.1, -0.05) is 28.9 Å². The molecule has 0 spiro atoms. The molecule has 5 heteroatoms. The van der Waals surface area contributed by atoms with Crippen molar-refractivity contribution in [1.29, 1.82) is 0 Å². The van der Waals surface area contributed by atoms with Gasteiger partial charge in [-0.15, -0.1) is 0 Å². The third-order valence-electron chi connectivity index (χ3n) is 3.14. The molecule has 1 heterocycles. The van der Waals surface area contributed by atoms with Crippen molar-refractivity contribution in [3.8, 4) is 22.5 Å². The second-order valence-corrected chi connectivity index (χ2v) is 5.24. The van der Waals surface area contributed by atoms with Gasteiger partial charge in [0.15, 0.2) is 11.6 Å². The molecule has 0 bridgehead atoms. The summed E-state index contributed by atoms with van der Waals surface area (Å²) in [7, 11) is 0. The van der Waals surface area contributed by atoms with E-state index in [0.29, 0.717) is 21.9 Å². The first-order valence-corrected chi connectivity index (χ1v) is 6.71. The van der Waals surface area contributed by atoms with Crippen molar-refractivity contribution < 1.29 is 8.91 Å². The molecule has 0 atom stereocenters. The van der Waals surface area contributed by atoms with E-state index in [4.69, 9.17) is 21.9 Å². The molecule has 0 aliphatic heterocycles. The number of anilines is 1. The Bertz CT molecular complexity index is 794. The summed E-state index contributed by atoms with van der Waals surface area (Å²) < 4.78 is 18.9. The van der Waals surface area contributed by atoms with Crippen LogP contribution in [0.3, 0.4) is 0 Å². The number of aromatic nitrogens is 1. The second-order valence-electron chi connectivity index (χ2n) is 4.80. The van der Waals surface area contributed by atoms with Crippen molar-refractivity contribution >= 4 is 17.4 Å². The number of benzene rings is 2. The minimum absolute atomic E-state index is 0.245. The Balaban J connectivity index is 2.21. The second kappa shape index (κ2) is 5.22. The number of aryl methyl sites for hydroxylation is 1. The number of nitrogens with two attached hydrogens (primary N) is 1. The minimum atomic E-state index is -0.336. The molecule has 0 aliphatic rings. The maximum absolute atomic E-state index is 13.6. The van der Waals surface area contributed by atoms with Gasteiger partial charge < -0.3 is 10.3 Å². The number of nitrogen functional groups attached to an aromatic ring is 1. The van der Waals surface area contributed by atoms with E-state index in [1.54, 1.807) is 12.1 Å². The predicted octanol–water partition coefficient (Wildman–Crippen LogP) is 4.69. The van der Waals surface area contributed by atoms with Crippen LogP contribution in [0.1, 0.15) is 5.56 Å². The summed E-state index contributed by atoms with van der Waals surface area (Å²) in [5.41, 5.74) is 8.66. The van der Waals surface area contributed by atoms with Gasteiger partial charge in [-0.3, -0.25) is 0 Å². The number of hydrogen-bond donors (Lipinski definition) is 1. The zero-order valence-electron chi connectivity index (χ0n) is 11.2. The van der Waals surface area contributed by atoms with Gasteiger partial charge in [0, 0.05) is 10.6 Å². The first-order chi connectivity index (χ1) is 10.0. The van der Waals surface area contributed by atoms with E-state index in [0.717, 1.165) is 11.1 Å². The molecule has 0 radical (unpaired) electrons. The standard InChI is InChI=1S/C16H12ClFN2O/c1-9-5-11(8-13(18)6-9)15-14(16(19)20-21-15)10-3-2-4-12(17)7-10/h2-8H,1H3,(H2,19,20). The minimum Gasteiger partial charge on any atom is -0.380 e. The Kier molecular flexibility index (Phi) is 3.39. The van der Waals surface area contributed by atoms with Crippen molar-refractivity contribution in [3.05, 3.63) is 58.9 Å². The third kappa shape index (κ3) is 2.62. The molecule has 3 aromatic rings. The van der Waals surface area contributed by atoms with Crippen LogP contribution in [0, 0.1) is 12.7 Å².